The second kappa shape index (κ2) is 11.5. The van der Waals surface area contributed by atoms with Crippen LogP contribution in [0.1, 0.15) is 61.0 Å². The van der Waals surface area contributed by atoms with Gasteiger partial charge in [0.25, 0.3) is 5.91 Å². The number of carbonyl (C=O) groups excluding carboxylic acids is 1. The fourth-order valence-corrected chi connectivity index (χ4v) is 4.78. The number of nitrogens with zero attached hydrogens (tertiary/aromatic N) is 3. The third kappa shape index (κ3) is 5.85. The first-order valence-corrected chi connectivity index (χ1v) is 13.0. The lowest BCUT2D eigenvalue weighted by atomic mass is 9.87. The van der Waals surface area contributed by atoms with Gasteiger partial charge in [-0.05, 0) is 52.3 Å². The maximum absolute atomic E-state index is 13.5. The summed E-state index contributed by atoms with van der Waals surface area (Å²) in [6.07, 6.45) is 3.71. The van der Waals surface area contributed by atoms with E-state index in [9.17, 15) is 4.79 Å². The summed E-state index contributed by atoms with van der Waals surface area (Å²) < 4.78 is 0. The van der Waals surface area contributed by atoms with Crippen molar-refractivity contribution in [3.63, 3.8) is 0 Å². The van der Waals surface area contributed by atoms with Gasteiger partial charge in [-0.3, -0.25) is 9.69 Å². The van der Waals surface area contributed by atoms with Gasteiger partial charge in [0.05, 0.1) is 11.9 Å². The molecule has 3 aromatic rings. The third-order valence-corrected chi connectivity index (χ3v) is 6.92. The zero-order chi connectivity index (χ0) is 25.7. The Balaban J connectivity index is 1.53. The van der Waals surface area contributed by atoms with Crippen LogP contribution in [0, 0.1) is 0 Å². The summed E-state index contributed by atoms with van der Waals surface area (Å²) in [5.74, 6) is 1.59. The van der Waals surface area contributed by atoms with Crippen molar-refractivity contribution >= 4 is 17.4 Å². The summed E-state index contributed by atoms with van der Waals surface area (Å²) in [7, 11) is 0. The molecule has 5 nitrogen and oxygen atoms in total. The van der Waals surface area contributed by atoms with E-state index in [-0.39, 0.29) is 5.91 Å². The molecular weight excluding hydrogens is 444 g/mol. The molecule has 0 aliphatic carbocycles. The van der Waals surface area contributed by atoms with Gasteiger partial charge in [0.1, 0.15) is 5.82 Å². The van der Waals surface area contributed by atoms with Crippen molar-refractivity contribution in [2.45, 2.75) is 39.5 Å². The van der Waals surface area contributed by atoms with Crippen LogP contribution in [-0.4, -0.2) is 48.5 Å². The van der Waals surface area contributed by atoms with Crippen molar-refractivity contribution in [1.29, 1.82) is 0 Å². The first kappa shape index (κ1) is 25.6. The predicted molar refractivity (Wildman–Crippen MR) is 151 cm³/mol. The Hall–Kier alpha value is -3.44. The number of piperazine rings is 1. The Kier molecular flexibility index (Phi) is 8.21. The number of benzene rings is 2. The van der Waals surface area contributed by atoms with E-state index in [2.05, 4.69) is 84.7 Å². The number of hydrogen-bond acceptors (Lipinski definition) is 4. The number of anilines is 2. The molecular formula is C31H38N4O. The van der Waals surface area contributed by atoms with Crippen LogP contribution >= 0.6 is 0 Å². The molecule has 1 aliphatic rings. The zero-order valence-electron chi connectivity index (χ0n) is 22.0. The number of rotatable bonds is 8. The molecule has 0 bridgehead atoms. The lowest BCUT2D eigenvalue weighted by Gasteiger charge is -2.34. The highest BCUT2D eigenvalue weighted by Crippen LogP contribution is 2.34. The highest BCUT2D eigenvalue weighted by atomic mass is 16.1. The van der Waals surface area contributed by atoms with Crippen molar-refractivity contribution in [2.24, 2.45) is 0 Å². The van der Waals surface area contributed by atoms with Gasteiger partial charge < -0.3 is 10.2 Å². The number of amides is 1. The molecule has 36 heavy (non-hydrogen) atoms. The standard InChI is InChI=1S/C31H38N4O/c1-6-16-34-17-19-35(20-18-34)29-15-14-26(21-32-29)33-31(36)28-9-7-8-27(23(4)5)30(28)25-12-10-24(11-13-25)22(2)3/h6-15,21-23H,1,16-20H2,2-5H3,(H,33,36). The van der Waals surface area contributed by atoms with Gasteiger partial charge in [-0.25, -0.2) is 4.98 Å². The quantitative estimate of drug-likeness (QED) is 0.370. The van der Waals surface area contributed by atoms with Crippen LogP contribution in [0.25, 0.3) is 11.1 Å². The lowest BCUT2D eigenvalue weighted by Crippen LogP contribution is -2.46. The van der Waals surface area contributed by atoms with Crippen molar-refractivity contribution < 1.29 is 4.79 Å². The Morgan fingerprint density at radius 1 is 0.972 bits per heavy atom. The topological polar surface area (TPSA) is 48.5 Å². The molecule has 4 rings (SSSR count). The molecule has 0 unspecified atom stereocenters. The van der Waals surface area contributed by atoms with Crippen LogP contribution in [-0.2, 0) is 0 Å². The normalized spacial score (nSPS) is 14.3. The van der Waals surface area contributed by atoms with Crippen molar-refractivity contribution in [1.82, 2.24) is 9.88 Å². The monoisotopic (exact) mass is 482 g/mol. The largest absolute Gasteiger partial charge is 0.354 e. The Morgan fingerprint density at radius 2 is 1.69 bits per heavy atom. The van der Waals surface area contributed by atoms with Crippen LogP contribution in [0.2, 0.25) is 0 Å². The van der Waals surface area contributed by atoms with Crippen molar-refractivity contribution in [2.75, 3.05) is 42.9 Å². The Labute approximate surface area is 215 Å². The summed E-state index contributed by atoms with van der Waals surface area (Å²) in [5.41, 5.74) is 5.91. The molecule has 2 heterocycles. The van der Waals surface area contributed by atoms with E-state index in [1.807, 2.05) is 30.3 Å². The van der Waals surface area contributed by atoms with Crippen molar-refractivity contribution in [3.8, 4) is 11.1 Å². The van der Waals surface area contributed by atoms with Crippen LogP contribution in [0.3, 0.4) is 0 Å². The molecule has 0 spiro atoms. The lowest BCUT2D eigenvalue weighted by molar-refractivity contribution is 0.102. The summed E-state index contributed by atoms with van der Waals surface area (Å²) in [5, 5.41) is 3.08. The van der Waals surface area contributed by atoms with E-state index in [4.69, 9.17) is 0 Å². The minimum absolute atomic E-state index is 0.118. The zero-order valence-corrected chi connectivity index (χ0v) is 22.0. The fourth-order valence-electron chi connectivity index (χ4n) is 4.78. The van der Waals surface area contributed by atoms with E-state index in [0.29, 0.717) is 23.1 Å². The molecule has 1 fully saturated rings. The Bertz CT molecular complexity index is 1170. The van der Waals surface area contributed by atoms with E-state index in [1.54, 1.807) is 6.20 Å². The van der Waals surface area contributed by atoms with Crippen LogP contribution < -0.4 is 10.2 Å². The highest BCUT2D eigenvalue weighted by Gasteiger charge is 2.20. The molecule has 0 radical (unpaired) electrons. The molecule has 0 saturated carbocycles. The summed E-state index contributed by atoms with van der Waals surface area (Å²) in [4.78, 5) is 22.8. The molecule has 1 saturated heterocycles. The smallest absolute Gasteiger partial charge is 0.256 e. The molecule has 1 amide bonds. The second-order valence-electron chi connectivity index (χ2n) is 10.1. The minimum Gasteiger partial charge on any atom is -0.354 e. The maximum Gasteiger partial charge on any atom is 0.256 e. The number of nitrogens with one attached hydrogen (secondary N) is 1. The van der Waals surface area contributed by atoms with Crippen LogP contribution in [0.4, 0.5) is 11.5 Å². The van der Waals surface area contributed by atoms with Gasteiger partial charge in [0.2, 0.25) is 0 Å². The molecule has 188 valence electrons. The SMILES string of the molecule is C=CCN1CCN(c2ccc(NC(=O)c3cccc(C(C)C)c3-c3ccc(C(C)C)cc3)cn2)CC1. The number of hydrogen-bond donors (Lipinski definition) is 1. The van der Waals surface area contributed by atoms with Gasteiger partial charge in [-0.2, -0.15) is 0 Å². The van der Waals surface area contributed by atoms with E-state index in [0.717, 1.165) is 49.7 Å². The molecule has 1 N–H and O–H groups in total. The van der Waals surface area contributed by atoms with Crippen LogP contribution in [0.15, 0.2) is 73.4 Å². The van der Waals surface area contributed by atoms with Gasteiger partial charge in [-0.1, -0.05) is 70.2 Å². The van der Waals surface area contributed by atoms with Gasteiger partial charge >= 0.3 is 0 Å². The predicted octanol–water partition coefficient (Wildman–Crippen LogP) is 6.56. The third-order valence-electron chi connectivity index (χ3n) is 6.92. The molecule has 5 heteroatoms. The number of carbonyl (C=O) groups is 1. The summed E-state index contributed by atoms with van der Waals surface area (Å²) in [6.45, 7) is 17.4. The summed E-state index contributed by atoms with van der Waals surface area (Å²) in [6, 6.07) is 18.6. The minimum atomic E-state index is -0.118. The molecule has 1 aliphatic heterocycles. The average Bonchev–Trinajstić information content (AvgIpc) is 2.89. The van der Waals surface area contributed by atoms with Crippen molar-refractivity contribution in [3.05, 3.63) is 90.1 Å². The maximum atomic E-state index is 13.5. The average molecular weight is 483 g/mol. The molecule has 2 aromatic carbocycles. The van der Waals surface area contributed by atoms with Gasteiger partial charge in [-0.15, -0.1) is 6.58 Å². The molecule has 1 aromatic heterocycles. The number of aromatic nitrogens is 1. The Morgan fingerprint density at radius 3 is 2.28 bits per heavy atom. The number of pyridine rings is 1. The van der Waals surface area contributed by atoms with E-state index >= 15 is 0 Å². The van der Waals surface area contributed by atoms with E-state index in [1.165, 1.54) is 11.1 Å². The fraction of sp³-hybridized carbons (Fsp3) is 0.355. The van der Waals surface area contributed by atoms with E-state index < -0.39 is 0 Å². The highest BCUT2D eigenvalue weighted by molar-refractivity contribution is 6.09. The first-order valence-electron chi connectivity index (χ1n) is 13.0. The van der Waals surface area contributed by atoms with Crippen LogP contribution in [0.5, 0.6) is 0 Å². The van der Waals surface area contributed by atoms with Gasteiger partial charge in [0.15, 0.2) is 0 Å². The summed E-state index contributed by atoms with van der Waals surface area (Å²) >= 11 is 0. The van der Waals surface area contributed by atoms with Gasteiger partial charge in [0, 0.05) is 38.3 Å². The first-order chi connectivity index (χ1) is 17.4. The second-order valence-corrected chi connectivity index (χ2v) is 10.1. The molecule has 0 atom stereocenters.